The van der Waals surface area contributed by atoms with Crippen LogP contribution in [-0.4, -0.2) is 28.1 Å². The Labute approximate surface area is 119 Å². The minimum absolute atomic E-state index is 0.0866. The van der Waals surface area contributed by atoms with Crippen LogP contribution >= 0.6 is 0 Å². The third-order valence-electron chi connectivity index (χ3n) is 3.57. The van der Waals surface area contributed by atoms with E-state index in [1.165, 1.54) is 0 Å². The van der Waals surface area contributed by atoms with Gasteiger partial charge in [-0.3, -0.25) is 0 Å². The molecule has 106 valence electrons. The maximum absolute atomic E-state index is 5.98. The van der Waals surface area contributed by atoms with Crippen molar-refractivity contribution in [2.24, 2.45) is 0 Å². The molecule has 0 saturated heterocycles. The highest BCUT2D eigenvalue weighted by Gasteiger charge is 2.36. The molecule has 0 spiro atoms. The molecule has 0 rings (SSSR count). The number of hydrogen-bond donors (Lipinski definition) is 0. The molecule has 0 aliphatic rings. The summed E-state index contributed by atoms with van der Waals surface area (Å²) in [5.41, 5.74) is 0.809. The Hall–Kier alpha value is -1.00. The topological polar surface area (TPSA) is 18.5 Å². The molecule has 0 aromatic carbocycles. The van der Waals surface area contributed by atoms with Gasteiger partial charge in [-0.1, -0.05) is 38.5 Å². The number of terminal acetylenes is 1. The Kier molecular flexibility index (Phi) is 7.15. The highest BCUT2D eigenvalue weighted by molar-refractivity contribution is 6.74. The predicted octanol–water partition coefficient (Wildman–Crippen LogP) is 3.61. The number of methoxy groups -OCH3 is 1. The van der Waals surface area contributed by atoms with Crippen LogP contribution < -0.4 is 0 Å². The van der Waals surface area contributed by atoms with Gasteiger partial charge in [0.2, 0.25) is 0 Å². The first kappa shape index (κ1) is 18.0. The number of rotatable bonds is 4. The van der Waals surface area contributed by atoms with Crippen LogP contribution in [0, 0.1) is 24.2 Å². The van der Waals surface area contributed by atoms with Crippen molar-refractivity contribution in [2.75, 3.05) is 13.7 Å². The van der Waals surface area contributed by atoms with E-state index in [2.05, 4.69) is 51.6 Å². The van der Waals surface area contributed by atoms with Crippen LogP contribution in [0.2, 0.25) is 18.1 Å². The van der Waals surface area contributed by atoms with Gasteiger partial charge in [0.25, 0.3) is 0 Å². The predicted molar refractivity (Wildman–Crippen MR) is 84.3 cm³/mol. The van der Waals surface area contributed by atoms with E-state index in [-0.39, 0.29) is 11.1 Å². The molecule has 1 unspecified atom stereocenters. The second-order valence-electron chi connectivity index (χ2n) is 6.00. The molecule has 0 saturated carbocycles. The van der Waals surface area contributed by atoms with E-state index in [0.717, 1.165) is 5.57 Å². The Morgan fingerprint density at radius 1 is 1.37 bits per heavy atom. The van der Waals surface area contributed by atoms with Gasteiger partial charge in [-0.25, -0.2) is 0 Å². The summed E-state index contributed by atoms with van der Waals surface area (Å²) in [4.78, 5) is 0. The highest BCUT2D eigenvalue weighted by atomic mass is 28.4. The minimum Gasteiger partial charge on any atom is -0.406 e. The van der Waals surface area contributed by atoms with Crippen molar-refractivity contribution in [1.82, 2.24) is 0 Å². The third kappa shape index (κ3) is 6.12. The van der Waals surface area contributed by atoms with Crippen LogP contribution in [0.3, 0.4) is 0 Å². The quantitative estimate of drug-likeness (QED) is 0.578. The summed E-state index contributed by atoms with van der Waals surface area (Å²) < 4.78 is 11.2. The lowest BCUT2D eigenvalue weighted by atomic mass is 10.1. The van der Waals surface area contributed by atoms with E-state index in [1.54, 1.807) is 13.2 Å². The van der Waals surface area contributed by atoms with Crippen LogP contribution in [0.4, 0.5) is 0 Å². The average Bonchev–Trinajstić information content (AvgIpc) is 2.30. The second-order valence-corrected chi connectivity index (χ2v) is 10.8. The molecule has 0 radical (unpaired) electrons. The fraction of sp³-hybridized carbons (Fsp3) is 0.625. The molecular weight excluding hydrogens is 252 g/mol. The van der Waals surface area contributed by atoms with Crippen LogP contribution in [0.15, 0.2) is 11.6 Å². The first-order chi connectivity index (χ1) is 8.65. The van der Waals surface area contributed by atoms with Gasteiger partial charge in [-0.2, -0.15) is 0 Å². The van der Waals surface area contributed by atoms with Crippen LogP contribution in [0.5, 0.6) is 0 Å². The summed E-state index contributed by atoms with van der Waals surface area (Å²) in [7, 11) is -0.0827. The lowest BCUT2D eigenvalue weighted by molar-refractivity contribution is 0.150. The van der Waals surface area contributed by atoms with E-state index in [1.807, 2.05) is 6.92 Å². The first-order valence-electron chi connectivity index (χ1n) is 6.47. The molecule has 0 aromatic heterocycles. The van der Waals surface area contributed by atoms with Crippen LogP contribution in [0.25, 0.3) is 0 Å². The van der Waals surface area contributed by atoms with Crippen molar-refractivity contribution in [3.05, 3.63) is 11.6 Å². The Balaban J connectivity index is 4.63. The SMILES string of the molecule is C#C/C=C(\C#CCO[Si](C)(C)C(C)(C)C)C(C)OC. The molecule has 19 heavy (non-hydrogen) atoms. The van der Waals surface area contributed by atoms with Gasteiger partial charge < -0.3 is 9.16 Å². The van der Waals surface area contributed by atoms with Gasteiger partial charge in [-0.15, -0.1) is 6.42 Å². The molecule has 0 aromatic rings. The zero-order valence-corrected chi connectivity index (χ0v) is 14.3. The summed E-state index contributed by atoms with van der Waals surface area (Å²) in [6.07, 6.45) is 6.84. The normalized spacial score (nSPS) is 14.3. The van der Waals surface area contributed by atoms with Gasteiger partial charge in [0.05, 0.1) is 12.7 Å². The lowest BCUT2D eigenvalue weighted by Gasteiger charge is -2.35. The average molecular weight is 278 g/mol. The van der Waals surface area contributed by atoms with Crippen molar-refractivity contribution in [1.29, 1.82) is 0 Å². The van der Waals surface area contributed by atoms with E-state index in [4.69, 9.17) is 15.6 Å². The molecule has 1 atom stereocenters. The van der Waals surface area contributed by atoms with Gasteiger partial charge in [-0.05, 0) is 25.1 Å². The van der Waals surface area contributed by atoms with Gasteiger partial charge in [0, 0.05) is 18.8 Å². The standard InChI is InChI=1S/C16H26O2Si/c1-9-11-15(14(2)17-6)12-10-13-18-19(7,8)16(3,4)5/h1,11,14H,13H2,2-8H3/b15-11+. The van der Waals surface area contributed by atoms with Crippen LogP contribution in [0.1, 0.15) is 27.7 Å². The van der Waals surface area contributed by atoms with Gasteiger partial charge in [0.1, 0.15) is 0 Å². The van der Waals surface area contributed by atoms with Crippen LogP contribution in [-0.2, 0) is 9.16 Å². The van der Waals surface area contributed by atoms with Crippen molar-refractivity contribution in [2.45, 2.75) is 51.9 Å². The summed E-state index contributed by atoms with van der Waals surface area (Å²) in [5, 5.41) is 0.200. The molecule has 0 bridgehead atoms. The smallest absolute Gasteiger partial charge is 0.193 e. The van der Waals surface area contributed by atoms with E-state index in [9.17, 15) is 0 Å². The zero-order valence-electron chi connectivity index (χ0n) is 13.3. The summed E-state index contributed by atoms with van der Waals surface area (Å²) in [6.45, 7) is 13.4. The molecular formula is C16H26O2Si. The molecule has 0 aliphatic carbocycles. The third-order valence-corrected chi connectivity index (χ3v) is 8.05. The molecule has 0 fully saturated rings. The monoisotopic (exact) mass is 278 g/mol. The number of ether oxygens (including phenoxy) is 1. The van der Waals surface area contributed by atoms with Crippen molar-refractivity contribution < 1.29 is 9.16 Å². The molecule has 0 heterocycles. The Bertz CT molecular complexity index is 411. The number of allylic oxidation sites excluding steroid dienone is 1. The zero-order chi connectivity index (χ0) is 15.1. The van der Waals surface area contributed by atoms with Gasteiger partial charge in [0.15, 0.2) is 8.32 Å². The maximum Gasteiger partial charge on any atom is 0.193 e. The fourth-order valence-corrected chi connectivity index (χ4v) is 1.91. The molecule has 3 heteroatoms. The molecule has 0 N–H and O–H groups in total. The largest absolute Gasteiger partial charge is 0.406 e. The second kappa shape index (κ2) is 7.55. The van der Waals surface area contributed by atoms with E-state index >= 15 is 0 Å². The van der Waals surface area contributed by atoms with E-state index in [0.29, 0.717) is 6.61 Å². The molecule has 0 amide bonds. The molecule has 0 aliphatic heterocycles. The van der Waals surface area contributed by atoms with Gasteiger partial charge >= 0.3 is 0 Å². The summed E-state index contributed by atoms with van der Waals surface area (Å²) in [5.74, 6) is 8.56. The van der Waals surface area contributed by atoms with E-state index < -0.39 is 8.32 Å². The van der Waals surface area contributed by atoms with Crippen molar-refractivity contribution in [3.8, 4) is 24.2 Å². The highest BCUT2D eigenvalue weighted by Crippen LogP contribution is 2.36. The summed E-state index contributed by atoms with van der Waals surface area (Å²) >= 11 is 0. The minimum atomic E-state index is -1.72. The lowest BCUT2D eigenvalue weighted by Crippen LogP contribution is -2.40. The molecule has 2 nitrogen and oxygen atoms in total. The fourth-order valence-electron chi connectivity index (χ4n) is 1.04. The number of hydrogen-bond acceptors (Lipinski definition) is 2. The van der Waals surface area contributed by atoms with Crippen molar-refractivity contribution in [3.63, 3.8) is 0 Å². The summed E-state index contributed by atoms with van der Waals surface area (Å²) in [6, 6.07) is 0. The van der Waals surface area contributed by atoms with Crippen molar-refractivity contribution >= 4 is 8.32 Å². The Morgan fingerprint density at radius 2 is 1.95 bits per heavy atom. The maximum atomic E-state index is 5.98. The Morgan fingerprint density at radius 3 is 2.37 bits per heavy atom. The first-order valence-corrected chi connectivity index (χ1v) is 9.38.